The quantitative estimate of drug-likeness (QED) is 0.447. The monoisotopic (exact) mass is 367 g/mol. The minimum atomic E-state index is 0.540. The third-order valence-corrected chi connectivity index (χ3v) is 4.85. The van der Waals surface area contributed by atoms with E-state index in [0.717, 1.165) is 28.6 Å². The van der Waals surface area contributed by atoms with Crippen molar-refractivity contribution in [3.8, 4) is 16.8 Å². The van der Waals surface area contributed by atoms with Gasteiger partial charge in [0.2, 0.25) is 0 Å². The van der Waals surface area contributed by atoms with E-state index in [4.69, 9.17) is 23.2 Å². The molecule has 124 valence electrons. The number of benzene rings is 3. The summed E-state index contributed by atoms with van der Waals surface area (Å²) in [5, 5.41) is 9.46. The number of aromatic nitrogens is 3. The summed E-state index contributed by atoms with van der Waals surface area (Å²) >= 11 is 13.1. The Morgan fingerprint density at radius 2 is 1.56 bits per heavy atom. The highest BCUT2D eigenvalue weighted by Crippen LogP contribution is 2.35. The average Bonchev–Trinajstić information content (AvgIpc) is 3.05. The van der Waals surface area contributed by atoms with Crippen LogP contribution < -0.4 is 0 Å². The highest BCUT2D eigenvalue weighted by molar-refractivity contribution is 6.38. The molecule has 0 aliphatic carbocycles. The van der Waals surface area contributed by atoms with Gasteiger partial charge in [0.15, 0.2) is 0 Å². The van der Waals surface area contributed by atoms with Gasteiger partial charge in [0.1, 0.15) is 11.2 Å². The Morgan fingerprint density at radius 3 is 2.24 bits per heavy atom. The molecule has 25 heavy (non-hydrogen) atoms. The van der Waals surface area contributed by atoms with Crippen LogP contribution in [0.5, 0.6) is 0 Å². The van der Waals surface area contributed by atoms with Crippen LogP contribution in [-0.4, -0.2) is 15.0 Å². The lowest BCUT2D eigenvalue weighted by atomic mass is 10.0. The molecule has 1 heterocycles. The van der Waals surface area contributed by atoms with Crippen molar-refractivity contribution in [3.05, 3.63) is 76.3 Å². The summed E-state index contributed by atoms with van der Waals surface area (Å²) in [6.45, 7) is 2.14. The summed E-state index contributed by atoms with van der Waals surface area (Å²) < 4.78 is 1.68. The van der Waals surface area contributed by atoms with Gasteiger partial charge in [-0.1, -0.05) is 71.7 Å². The van der Waals surface area contributed by atoms with Gasteiger partial charge in [-0.15, -0.1) is 5.10 Å². The first-order valence-corrected chi connectivity index (χ1v) is 8.82. The summed E-state index contributed by atoms with van der Waals surface area (Å²) in [6.07, 6.45) is 1.01. The molecule has 0 radical (unpaired) electrons. The van der Waals surface area contributed by atoms with Crippen LogP contribution in [0, 0.1) is 0 Å². The second-order valence-corrected chi connectivity index (χ2v) is 6.64. The van der Waals surface area contributed by atoms with E-state index in [1.165, 1.54) is 5.56 Å². The maximum Gasteiger partial charge on any atom is 0.113 e. The van der Waals surface area contributed by atoms with E-state index in [1.54, 1.807) is 4.68 Å². The number of rotatable bonds is 3. The molecule has 0 aliphatic rings. The van der Waals surface area contributed by atoms with Crippen LogP contribution in [0.2, 0.25) is 10.0 Å². The third kappa shape index (κ3) is 2.90. The molecule has 4 aromatic rings. The molecule has 0 saturated carbocycles. The number of hydrogen-bond donors (Lipinski definition) is 0. The number of hydrogen-bond acceptors (Lipinski definition) is 2. The van der Waals surface area contributed by atoms with Gasteiger partial charge in [0.05, 0.1) is 15.6 Å². The number of aryl methyl sites for hydroxylation is 1. The van der Waals surface area contributed by atoms with E-state index in [9.17, 15) is 0 Å². The zero-order chi connectivity index (χ0) is 17.4. The lowest BCUT2D eigenvalue weighted by Gasteiger charge is -2.11. The number of para-hydroxylation sites is 1. The van der Waals surface area contributed by atoms with E-state index in [-0.39, 0.29) is 0 Å². The molecule has 3 nitrogen and oxygen atoms in total. The van der Waals surface area contributed by atoms with Gasteiger partial charge in [-0.2, -0.15) is 0 Å². The Hall–Kier alpha value is -2.36. The average molecular weight is 368 g/mol. The fourth-order valence-electron chi connectivity index (χ4n) is 2.90. The van der Waals surface area contributed by atoms with Crippen LogP contribution in [-0.2, 0) is 6.42 Å². The van der Waals surface area contributed by atoms with E-state index in [0.29, 0.717) is 15.7 Å². The molecular weight excluding hydrogens is 353 g/mol. The van der Waals surface area contributed by atoms with Gasteiger partial charge < -0.3 is 0 Å². The molecule has 0 fully saturated rings. The summed E-state index contributed by atoms with van der Waals surface area (Å²) in [5.74, 6) is 0. The van der Waals surface area contributed by atoms with Crippen LogP contribution in [0.15, 0.2) is 60.7 Å². The van der Waals surface area contributed by atoms with Gasteiger partial charge in [-0.05, 0) is 47.4 Å². The van der Waals surface area contributed by atoms with Crippen LogP contribution in [0.4, 0.5) is 0 Å². The van der Waals surface area contributed by atoms with Crippen LogP contribution in [0.1, 0.15) is 12.5 Å². The second kappa shape index (κ2) is 6.51. The molecule has 0 bridgehead atoms. The van der Waals surface area contributed by atoms with E-state index in [1.807, 2.05) is 36.4 Å². The van der Waals surface area contributed by atoms with Gasteiger partial charge in [0, 0.05) is 0 Å². The standard InChI is InChI=1S/C20H15Cl2N3/c1-2-13-7-9-14(10-8-13)15-11-16(21)20(17(22)12-15)25-19-6-4-3-5-18(19)23-24-25/h3-12H,2H2,1H3. The molecule has 4 rings (SSSR count). The number of nitrogens with zero attached hydrogens (tertiary/aromatic N) is 3. The van der Waals surface area contributed by atoms with Crippen molar-refractivity contribution >= 4 is 34.2 Å². The molecular formula is C20H15Cl2N3. The zero-order valence-electron chi connectivity index (χ0n) is 13.6. The van der Waals surface area contributed by atoms with Crippen molar-refractivity contribution < 1.29 is 0 Å². The van der Waals surface area contributed by atoms with E-state index >= 15 is 0 Å². The normalized spacial score (nSPS) is 11.2. The number of halogens is 2. The van der Waals surface area contributed by atoms with Crippen molar-refractivity contribution in [3.63, 3.8) is 0 Å². The van der Waals surface area contributed by atoms with Crippen molar-refractivity contribution in [1.82, 2.24) is 15.0 Å². The first-order valence-electron chi connectivity index (χ1n) is 8.06. The Bertz CT molecular complexity index is 1030. The van der Waals surface area contributed by atoms with Crippen molar-refractivity contribution in [2.24, 2.45) is 0 Å². The molecule has 0 aliphatic heterocycles. The van der Waals surface area contributed by atoms with Gasteiger partial charge in [-0.3, -0.25) is 0 Å². The Balaban J connectivity index is 1.83. The summed E-state index contributed by atoms with van der Waals surface area (Å²) in [4.78, 5) is 0. The smallest absolute Gasteiger partial charge is 0.113 e. The van der Waals surface area contributed by atoms with Crippen LogP contribution >= 0.6 is 23.2 Å². The maximum atomic E-state index is 6.56. The fraction of sp³-hybridized carbons (Fsp3) is 0.100. The predicted molar refractivity (Wildman–Crippen MR) is 104 cm³/mol. The van der Waals surface area contributed by atoms with E-state index < -0.39 is 0 Å². The third-order valence-electron chi connectivity index (χ3n) is 4.28. The Labute approximate surface area is 155 Å². The second-order valence-electron chi connectivity index (χ2n) is 5.83. The summed E-state index contributed by atoms with van der Waals surface area (Å²) in [7, 11) is 0. The molecule has 0 N–H and O–H groups in total. The first-order chi connectivity index (χ1) is 12.2. The molecule has 0 amide bonds. The molecule has 0 saturated heterocycles. The van der Waals surface area contributed by atoms with Crippen LogP contribution in [0.25, 0.3) is 27.8 Å². The maximum absolute atomic E-state index is 6.56. The summed E-state index contributed by atoms with van der Waals surface area (Å²) in [6, 6.07) is 20.0. The zero-order valence-corrected chi connectivity index (χ0v) is 15.1. The SMILES string of the molecule is CCc1ccc(-c2cc(Cl)c(-n3nnc4ccccc43)c(Cl)c2)cc1. The van der Waals surface area contributed by atoms with Gasteiger partial charge in [-0.25, -0.2) is 4.68 Å². The van der Waals surface area contributed by atoms with E-state index in [2.05, 4.69) is 41.5 Å². The molecule has 0 unspecified atom stereocenters. The molecule has 0 spiro atoms. The van der Waals surface area contributed by atoms with Crippen molar-refractivity contribution in [2.45, 2.75) is 13.3 Å². The largest absolute Gasteiger partial charge is 0.210 e. The molecule has 5 heteroatoms. The Morgan fingerprint density at radius 1 is 0.880 bits per heavy atom. The lowest BCUT2D eigenvalue weighted by Crippen LogP contribution is -1.99. The highest BCUT2D eigenvalue weighted by Gasteiger charge is 2.15. The summed E-state index contributed by atoms with van der Waals surface area (Å²) in [5.41, 5.74) is 5.67. The van der Waals surface area contributed by atoms with Crippen LogP contribution in [0.3, 0.4) is 0 Å². The van der Waals surface area contributed by atoms with Crippen molar-refractivity contribution in [2.75, 3.05) is 0 Å². The fourth-order valence-corrected chi connectivity index (χ4v) is 3.55. The molecule has 3 aromatic carbocycles. The van der Waals surface area contributed by atoms with Gasteiger partial charge >= 0.3 is 0 Å². The highest BCUT2D eigenvalue weighted by atomic mass is 35.5. The molecule has 0 atom stereocenters. The minimum absolute atomic E-state index is 0.540. The number of fused-ring (bicyclic) bond motifs is 1. The molecule has 1 aromatic heterocycles. The first kappa shape index (κ1) is 16.1. The minimum Gasteiger partial charge on any atom is -0.210 e. The topological polar surface area (TPSA) is 30.7 Å². The Kier molecular flexibility index (Phi) is 4.20. The predicted octanol–water partition coefficient (Wildman–Crippen LogP) is 5.96. The van der Waals surface area contributed by atoms with Gasteiger partial charge in [0.25, 0.3) is 0 Å². The lowest BCUT2D eigenvalue weighted by molar-refractivity contribution is 0.824. The van der Waals surface area contributed by atoms with Crippen molar-refractivity contribution in [1.29, 1.82) is 0 Å².